The fraction of sp³-hybridized carbons (Fsp3) is 0.0556. The minimum absolute atomic E-state index is 0.196. The molecule has 0 unspecified atom stereocenters. The topological polar surface area (TPSA) is 76.1 Å². The number of carbonyl (C=O) groups is 1. The van der Waals surface area contributed by atoms with Gasteiger partial charge in [-0.25, -0.2) is 9.97 Å². The Bertz CT molecular complexity index is 930. The van der Waals surface area contributed by atoms with E-state index in [1.807, 2.05) is 6.07 Å². The molecule has 3 aromatic rings. The molecule has 0 saturated carbocycles. The molecule has 3 rings (SSSR count). The summed E-state index contributed by atoms with van der Waals surface area (Å²) in [6, 6.07) is 13.7. The maximum atomic E-state index is 12.5. The number of nitrogens with one attached hydrogen (secondary N) is 2. The third-order valence-corrected chi connectivity index (χ3v) is 3.83. The molecule has 0 aliphatic rings. The Labute approximate surface area is 160 Å². The fourth-order valence-electron chi connectivity index (χ4n) is 2.26. The number of methoxy groups -OCH3 is 1. The number of hydrogen-bond donors (Lipinski definition) is 2. The lowest BCUT2D eigenvalue weighted by molar-refractivity contribution is 0.102. The van der Waals surface area contributed by atoms with Gasteiger partial charge in [0.15, 0.2) is 0 Å². The molecular formula is C18H14Cl2N4O2. The van der Waals surface area contributed by atoms with Crippen LogP contribution in [0.5, 0.6) is 5.75 Å². The molecule has 0 atom stereocenters. The van der Waals surface area contributed by atoms with Crippen molar-refractivity contribution >= 4 is 46.3 Å². The third kappa shape index (κ3) is 4.41. The molecule has 0 saturated heterocycles. The van der Waals surface area contributed by atoms with E-state index in [-0.39, 0.29) is 11.6 Å². The van der Waals surface area contributed by atoms with Crippen LogP contribution in [-0.2, 0) is 0 Å². The fourth-order valence-corrected chi connectivity index (χ4v) is 2.78. The van der Waals surface area contributed by atoms with Gasteiger partial charge in [-0.15, -0.1) is 0 Å². The van der Waals surface area contributed by atoms with Gasteiger partial charge in [0, 0.05) is 21.8 Å². The molecule has 2 aromatic carbocycles. The van der Waals surface area contributed by atoms with E-state index in [4.69, 9.17) is 27.9 Å². The Hall–Kier alpha value is -2.83. The number of carbonyl (C=O) groups excluding carboxylic acids is 1. The minimum atomic E-state index is -0.385. The number of nitrogens with zero attached hydrogens (tertiary/aromatic N) is 2. The number of rotatable bonds is 5. The highest BCUT2D eigenvalue weighted by Gasteiger charge is 2.12. The summed E-state index contributed by atoms with van der Waals surface area (Å²) in [6.07, 6.45) is 1.30. The standard InChI is InChI=1S/C18H14Cl2N4O2/c1-26-16-5-3-2-4-14(16)24-18(25)15-9-17(22-10-21-15)23-13-7-11(19)6-12(20)8-13/h2-10H,1H3,(H,24,25)(H,21,22,23). The first-order valence-corrected chi connectivity index (χ1v) is 8.30. The monoisotopic (exact) mass is 388 g/mol. The van der Waals surface area contributed by atoms with Crippen molar-refractivity contribution in [2.24, 2.45) is 0 Å². The Balaban J connectivity index is 1.79. The number of halogens is 2. The van der Waals surface area contributed by atoms with E-state index in [9.17, 15) is 4.79 Å². The maximum absolute atomic E-state index is 12.5. The van der Waals surface area contributed by atoms with Gasteiger partial charge in [-0.1, -0.05) is 35.3 Å². The lowest BCUT2D eigenvalue weighted by Gasteiger charge is -2.10. The number of hydrogen-bond acceptors (Lipinski definition) is 5. The van der Waals surface area contributed by atoms with E-state index in [1.165, 1.54) is 19.5 Å². The van der Waals surface area contributed by atoms with Crippen LogP contribution in [0, 0.1) is 0 Å². The minimum Gasteiger partial charge on any atom is -0.495 e. The summed E-state index contributed by atoms with van der Waals surface area (Å²) in [6.45, 7) is 0. The predicted octanol–water partition coefficient (Wildman–Crippen LogP) is 4.79. The van der Waals surface area contributed by atoms with E-state index >= 15 is 0 Å². The molecule has 0 aliphatic carbocycles. The number of aromatic nitrogens is 2. The van der Waals surface area contributed by atoms with Crippen molar-refractivity contribution in [2.75, 3.05) is 17.7 Å². The number of benzene rings is 2. The second-order valence-electron chi connectivity index (χ2n) is 5.23. The third-order valence-electron chi connectivity index (χ3n) is 3.39. The molecule has 0 fully saturated rings. The summed E-state index contributed by atoms with van der Waals surface area (Å²) in [4.78, 5) is 20.6. The van der Waals surface area contributed by atoms with Crippen molar-refractivity contribution in [3.05, 3.63) is 70.6 Å². The van der Waals surface area contributed by atoms with Gasteiger partial charge in [0.2, 0.25) is 0 Å². The zero-order chi connectivity index (χ0) is 18.5. The predicted molar refractivity (Wildman–Crippen MR) is 103 cm³/mol. The molecule has 132 valence electrons. The summed E-state index contributed by atoms with van der Waals surface area (Å²) >= 11 is 12.0. The van der Waals surface area contributed by atoms with Crippen LogP contribution in [0.2, 0.25) is 10.0 Å². The van der Waals surface area contributed by atoms with Crippen molar-refractivity contribution in [3.63, 3.8) is 0 Å². The second-order valence-corrected chi connectivity index (χ2v) is 6.10. The molecular weight excluding hydrogens is 375 g/mol. The summed E-state index contributed by atoms with van der Waals surface area (Å²) < 4.78 is 5.22. The normalized spacial score (nSPS) is 10.3. The average molecular weight is 389 g/mol. The van der Waals surface area contributed by atoms with E-state index in [2.05, 4.69) is 20.6 Å². The molecule has 0 bridgehead atoms. The Kier molecular flexibility index (Phi) is 5.55. The Morgan fingerprint density at radius 1 is 1.04 bits per heavy atom. The highest BCUT2D eigenvalue weighted by Crippen LogP contribution is 2.25. The second kappa shape index (κ2) is 8.03. The number of anilines is 3. The van der Waals surface area contributed by atoms with Crippen LogP contribution in [0.25, 0.3) is 0 Å². The van der Waals surface area contributed by atoms with Gasteiger partial charge in [0.1, 0.15) is 23.6 Å². The van der Waals surface area contributed by atoms with Crippen LogP contribution in [0.4, 0.5) is 17.2 Å². The van der Waals surface area contributed by atoms with Crippen LogP contribution < -0.4 is 15.4 Å². The highest BCUT2D eigenvalue weighted by atomic mass is 35.5. The first kappa shape index (κ1) is 18.0. The molecule has 2 N–H and O–H groups in total. The SMILES string of the molecule is COc1ccccc1NC(=O)c1cc(Nc2cc(Cl)cc(Cl)c2)ncn1. The lowest BCUT2D eigenvalue weighted by Crippen LogP contribution is -2.15. The van der Waals surface area contributed by atoms with Gasteiger partial charge in [-0.3, -0.25) is 4.79 Å². The summed E-state index contributed by atoms with van der Waals surface area (Å²) in [5.41, 5.74) is 1.40. The van der Waals surface area contributed by atoms with Gasteiger partial charge in [0.05, 0.1) is 12.8 Å². The van der Waals surface area contributed by atoms with Crippen LogP contribution in [0.15, 0.2) is 54.9 Å². The van der Waals surface area contributed by atoms with Crippen molar-refractivity contribution in [1.82, 2.24) is 9.97 Å². The van der Waals surface area contributed by atoms with Gasteiger partial charge < -0.3 is 15.4 Å². The molecule has 26 heavy (non-hydrogen) atoms. The quantitative estimate of drug-likeness (QED) is 0.656. The molecule has 0 spiro atoms. The number of amides is 1. The molecule has 1 heterocycles. The zero-order valence-electron chi connectivity index (χ0n) is 13.7. The van der Waals surface area contributed by atoms with E-state index < -0.39 is 0 Å². The van der Waals surface area contributed by atoms with Gasteiger partial charge >= 0.3 is 0 Å². The highest BCUT2D eigenvalue weighted by molar-refractivity contribution is 6.35. The van der Waals surface area contributed by atoms with E-state index in [1.54, 1.807) is 36.4 Å². The van der Waals surface area contributed by atoms with Crippen LogP contribution >= 0.6 is 23.2 Å². The van der Waals surface area contributed by atoms with Crippen molar-refractivity contribution in [1.29, 1.82) is 0 Å². The van der Waals surface area contributed by atoms with Gasteiger partial charge in [-0.05, 0) is 30.3 Å². The largest absolute Gasteiger partial charge is 0.495 e. The summed E-state index contributed by atoms with van der Waals surface area (Å²) in [5, 5.41) is 6.78. The number of ether oxygens (including phenoxy) is 1. The first-order chi connectivity index (χ1) is 12.5. The van der Waals surface area contributed by atoms with Gasteiger partial charge in [-0.2, -0.15) is 0 Å². The first-order valence-electron chi connectivity index (χ1n) is 7.54. The molecule has 1 aromatic heterocycles. The van der Waals surface area contributed by atoms with Crippen molar-refractivity contribution in [2.45, 2.75) is 0 Å². The van der Waals surface area contributed by atoms with E-state index in [0.717, 1.165) is 0 Å². The average Bonchev–Trinajstić information content (AvgIpc) is 2.61. The van der Waals surface area contributed by atoms with Gasteiger partial charge in [0.25, 0.3) is 5.91 Å². The molecule has 6 nitrogen and oxygen atoms in total. The molecule has 0 aliphatic heterocycles. The Morgan fingerprint density at radius 3 is 2.50 bits per heavy atom. The summed E-state index contributed by atoms with van der Waals surface area (Å²) in [5.74, 6) is 0.606. The van der Waals surface area contributed by atoms with E-state index in [0.29, 0.717) is 33.0 Å². The summed E-state index contributed by atoms with van der Waals surface area (Å²) in [7, 11) is 1.54. The lowest BCUT2D eigenvalue weighted by atomic mass is 10.2. The van der Waals surface area contributed by atoms with Crippen molar-refractivity contribution in [3.8, 4) is 5.75 Å². The maximum Gasteiger partial charge on any atom is 0.274 e. The smallest absolute Gasteiger partial charge is 0.274 e. The van der Waals surface area contributed by atoms with Crippen molar-refractivity contribution < 1.29 is 9.53 Å². The van der Waals surface area contributed by atoms with Crippen LogP contribution in [0.1, 0.15) is 10.5 Å². The molecule has 0 radical (unpaired) electrons. The number of para-hydroxylation sites is 2. The van der Waals surface area contributed by atoms with Crippen LogP contribution in [0.3, 0.4) is 0 Å². The Morgan fingerprint density at radius 2 is 1.77 bits per heavy atom. The molecule has 8 heteroatoms. The molecule has 1 amide bonds. The van der Waals surface area contributed by atoms with Crippen LogP contribution in [-0.4, -0.2) is 23.0 Å². The zero-order valence-corrected chi connectivity index (χ0v) is 15.2.